The van der Waals surface area contributed by atoms with Gasteiger partial charge in [-0.05, 0) is 26.7 Å². The predicted molar refractivity (Wildman–Crippen MR) is 82.6 cm³/mol. The summed E-state index contributed by atoms with van der Waals surface area (Å²) in [6, 6.07) is 0. The fourth-order valence-electron chi connectivity index (χ4n) is 2.12. The molecule has 1 saturated carbocycles. The number of nitrogen functional groups attached to an aromatic ring is 1. The van der Waals surface area contributed by atoms with Gasteiger partial charge in [0.05, 0.1) is 23.4 Å². The van der Waals surface area contributed by atoms with Crippen molar-refractivity contribution >= 4 is 17.2 Å². The Balaban J connectivity index is 1.71. The number of aryl methyl sites for hydroxylation is 1. The van der Waals surface area contributed by atoms with E-state index in [1.54, 1.807) is 11.3 Å². The summed E-state index contributed by atoms with van der Waals surface area (Å²) in [4.78, 5) is 14.5. The normalized spacial score (nSPS) is 14.2. The molecule has 3 N–H and O–H groups in total. The van der Waals surface area contributed by atoms with E-state index in [0.29, 0.717) is 24.2 Å². The maximum absolute atomic E-state index is 5.86. The highest BCUT2D eigenvalue weighted by atomic mass is 32.1. The lowest BCUT2D eigenvalue weighted by atomic mass is 10.3. The van der Waals surface area contributed by atoms with Gasteiger partial charge in [0.25, 0.3) is 0 Å². The molecule has 1 fully saturated rings. The summed E-state index contributed by atoms with van der Waals surface area (Å²) >= 11 is 1.66. The van der Waals surface area contributed by atoms with E-state index in [1.165, 1.54) is 4.88 Å². The zero-order valence-corrected chi connectivity index (χ0v) is 13.0. The van der Waals surface area contributed by atoms with E-state index in [2.05, 4.69) is 20.4 Å². The molecular formula is C14H19N5OS. The quantitative estimate of drug-likeness (QED) is 0.629. The van der Waals surface area contributed by atoms with Crippen LogP contribution in [0.15, 0.2) is 5.51 Å². The average Bonchev–Trinajstić information content (AvgIpc) is 3.25. The molecule has 0 saturated heterocycles. The largest absolute Gasteiger partial charge is 0.477 e. The van der Waals surface area contributed by atoms with Crippen LogP contribution in [0.4, 0.5) is 5.82 Å². The van der Waals surface area contributed by atoms with Crippen LogP contribution in [0.25, 0.3) is 0 Å². The van der Waals surface area contributed by atoms with Crippen LogP contribution in [0.1, 0.15) is 40.7 Å². The van der Waals surface area contributed by atoms with Crippen LogP contribution in [0.3, 0.4) is 0 Å². The zero-order chi connectivity index (χ0) is 14.8. The van der Waals surface area contributed by atoms with E-state index in [-0.39, 0.29) is 0 Å². The third-order valence-electron chi connectivity index (χ3n) is 3.61. The Morgan fingerprint density at radius 2 is 2.19 bits per heavy atom. The second-order valence-corrected chi connectivity index (χ2v) is 6.18. The molecule has 112 valence electrons. The highest BCUT2D eigenvalue weighted by Gasteiger charge is 2.28. The number of anilines is 1. The molecule has 2 aromatic heterocycles. The Bertz CT molecular complexity index is 638. The molecule has 3 rings (SSSR count). The molecule has 7 heteroatoms. The number of rotatable bonds is 6. The number of hydrogen-bond acceptors (Lipinski definition) is 7. The minimum absolute atomic E-state index is 0.462. The Morgan fingerprint density at radius 1 is 1.38 bits per heavy atom. The van der Waals surface area contributed by atoms with Crippen molar-refractivity contribution in [2.45, 2.75) is 39.0 Å². The van der Waals surface area contributed by atoms with Gasteiger partial charge in [-0.1, -0.05) is 0 Å². The van der Waals surface area contributed by atoms with Crippen molar-refractivity contribution in [1.29, 1.82) is 0 Å². The van der Waals surface area contributed by atoms with Crippen molar-refractivity contribution in [3.8, 4) is 5.88 Å². The summed E-state index contributed by atoms with van der Waals surface area (Å²) in [5, 5.41) is 0. The molecule has 0 unspecified atom stereocenters. The molecule has 0 bridgehead atoms. The average molecular weight is 305 g/mol. The molecule has 2 aromatic rings. The van der Waals surface area contributed by atoms with E-state index in [9.17, 15) is 0 Å². The van der Waals surface area contributed by atoms with Crippen molar-refractivity contribution in [2.24, 2.45) is 5.84 Å². The lowest BCUT2D eigenvalue weighted by molar-refractivity contribution is 0.306. The van der Waals surface area contributed by atoms with Crippen LogP contribution in [0, 0.1) is 13.8 Å². The van der Waals surface area contributed by atoms with Crippen LogP contribution in [-0.2, 0) is 6.42 Å². The van der Waals surface area contributed by atoms with Gasteiger partial charge < -0.3 is 10.2 Å². The summed E-state index contributed by atoms with van der Waals surface area (Å²) < 4.78 is 5.86. The van der Waals surface area contributed by atoms with Crippen molar-refractivity contribution in [2.75, 3.05) is 12.0 Å². The maximum Gasteiger partial charge on any atom is 0.221 e. The second kappa shape index (κ2) is 5.95. The summed E-state index contributed by atoms with van der Waals surface area (Å²) in [6.07, 6.45) is 3.13. The monoisotopic (exact) mass is 305 g/mol. The van der Waals surface area contributed by atoms with Crippen LogP contribution < -0.4 is 16.0 Å². The number of aromatic nitrogens is 3. The highest BCUT2D eigenvalue weighted by molar-refractivity contribution is 7.09. The Kier molecular flexibility index (Phi) is 4.03. The first-order valence-electron chi connectivity index (χ1n) is 7.06. The zero-order valence-electron chi connectivity index (χ0n) is 12.2. The first kappa shape index (κ1) is 14.2. The van der Waals surface area contributed by atoms with Gasteiger partial charge in [0.2, 0.25) is 5.88 Å². The van der Waals surface area contributed by atoms with Gasteiger partial charge in [0.15, 0.2) is 0 Å². The van der Waals surface area contributed by atoms with E-state index in [0.717, 1.165) is 36.3 Å². The second-order valence-electron chi connectivity index (χ2n) is 5.24. The van der Waals surface area contributed by atoms with Crippen LogP contribution in [-0.4, -0.2) is 21.6 Å². The van der Waals surface area contributed by atoms with Gasteiger partial charge in [-0.25, -0.2) is 15.8 Å². The van der Waals surface area contributed by atoms with Gasteiger partial charge in [-0.2, -0.15) is 4.98 Å². The number of thiazole rings is 1. The van der Waals surface area contributed by atoms with E-state index < -0.39 is 0 Å². The minimum atomic E-state index is 0.462. The van der Waals surface area contributed by atoms with Gasteiger partial charge in [0, 0.05) is 17.2 Å². The van der Waals surface area contributed by atoms with Crippen LogP contribution >= 0.6 is 11.3 Å². The summed E-state index contributed by atoms with van der Waals surface area (Å²) in [5.41, 5.74) is 6.42. The fraction of sp³-hybridized carbons (Fsp3) is 0.500. The van der Waals surface area contributed by atoms with Crippen molar-refractivity contribution in [3.63, 3.8) is 0 Å². The molecule has 0 amide bonds. The van der Waals surface area contributed by atoms with Gasteiger partial charge >= 0.3 is 0 Å². The van der Waals surface area contributed by atoms with Crippen molar-refractivity contribution in [1.82, 2.24) is 15.0 Å². The number of nitrogens with two attached hydrogens (primary N) is 1. The Labute approximate surface area is 127 Å². The highest BCUT2D eigenvalue weighted by Crippen LogP contribution is 2.39. The van der Waals surface area contributed by atoms with Crippen LogP contribution in [0.2, 0.25) is 0 Å². The fourth-order valence-corrected chi connectivity index (χ4v) is 2.89. The van der Waals surface area contributed by atoms with E-state index in [4.69, 9.17) is 10.6 Å². The molecule has 1 aliphatic rings. The number of nitrogens with zero attached hydrogens (tertiary/aromatic N) is 3. The summed E-state index contributed by atoms with van der Waals surface area (Å²) in [5.74, 6) is 8.10. The summed E-state index contributed by atoms with van der Waals surface area (Å²) in [7, 11) is 0. The van der Waals surface area contributed by atoms with Crippen molar-refractivity contribution in [3.05, 3.63) is 27.5 Å². The molecule has 2 heterocycles. The topological polar surface area (TPSA) is 86.0 Å². The van der Waals surface area contributed by atoms with Crippen LogP contribution in [0.5, 0.6) is 5.88 Å². The number of hydrogen-bond donors (Lipinski definition) is 2. The Morgan fingerprint density at radius 3 is 2.81 bits per heavy atom. The predicted octanol–water partition coefficient (Wildman–Crippen LogP) is 2.33. The van der Waals surface area contributed by atoms with Crippen molar-refractivity contribution < 1.29 is 4.74 Å². The third-order valence-corrected chi connectivity index (χ3v) is 4.61. The molecule has 0 radical (unpaired) electrons. The van der Waals surface area contributed by atoms with Gasteiger partial charge in [-0.15, -0.1) is 11.3 Å². The minimum Gasteiger partial charge on any atom is -0.477 e. The molecule has 21 heavy (non-hydrogen) atoms. The van der Waals surface area contributed by atoms with Gasteiger partial charge in [0.1, 0.15) is 11.6 Å². The molecular weight excluding hydrogens is 286 g/mol. The molecule has 0 spiro atoms. The van der Waals surface area contributed by atoms with E-state index in [1.807, 2.05) is 19.4 Å². The molecule has 6 nitrogen and oxygen atoms in total. The number of ether oxygens (including phenoxy) is 1. The summed E-state index contributed by atoms with van der Waals surface area (Å²) in [6.45, 7) is 4.51. The lowest BCUT2D eigenvalue weighted by Gasteiger charge is -2.12. The first-order chi connectivity index (χ1) is 10.2. The Hall–Kier alpha value is -1.73. The number of nitrogens with one attached hydrogen (secondary N) is 1. The molecule has 0 aliphatic heterocycles. The molecule has 1 aliphatic carbocycles. The first-order valence-corrected chi connectivity index (χ1v) is 7.94. The number of hydrazine groups is 1. The van der Waals surface area contributed by atoms with E-state index >= 15 is 0 Å². The maximum atomic E-state index is 5.86. The molecule has 0 atom stereocenters. The smallest absolute Gasteiger partial charge is 0.221 e. The lowest BCUT2D eigenvalue weighted by Crippen LogP contribution is -2.14. The SMILES string of the molecule is Cc1ncsc1CCOc1nc(C2CC2)nc(NN)c1C. The molecule has 0 aromatic carbocycles. The third kappa shape index (κ3) is 3.14. The van der Waals surface area contributed by atoms with Gasteiger partial charge in [-0.3, -0.25) is 0 Å². The standard InChI is InChI=1S/C14H19N5OS/c1-8-12(19-15)17-13(10-3-4-10)18-14(8)20-6-5-11-9(2)16-7-21-11/h7,10H,3-6,15H2,1-2H3,(H,17,18,19).